The zero-order valence-electron chi connectivity index (χ0n) is 21.4. The Kier molecular flexibility index (Phi) is 8.60. The van der Waals surface area contributed by atoms with E-state index < -0.39 is 23.9 Å². The molecule has 0 saturated carbocycles. The summed E-state index contributed by atoms with van der Waals surface area (Å²) in [7, 11) is 3.06. The van der Waals surface area contributed by atoms with Crippen LogP contribution in [0.4, 0.5) is 8.78 Å². The van der Waals surface area contributed by atoms with E-state index in [4.69, 9.17) is 29.1 Å². The lowest BCUT2D eigenvalue weighted by Gasteiger charge is -2.16. The van der Waals surface area contributed by atoms with Gasteiger partial charge in [0.05, 0.1) is 20.1 Å². The van der Waals surface area contributed by atoms with Gasteiger partial charge in [-0.2, -0.15) is 4.39 Å². The van der Waals surface area contributed by atoms with E-state index in [1.54, 1.807) is 55.5 Å². The van der Waals surface area contributed by atoms with Crippen LogP contribution in [-0.4, -0.2) is 32.9 Å². The van der Waals surface area contributed by atoms with E-state index in [2.05, 4.69) is 0 Å². The molecule has 4 rings (SSSR count). The van der Waals surface area contributed by atoms with Gasteiger partial charge in [-0.3, -0.25) is 4.79 Å². The third-order valence-corrected chi connectivity index (χ3v) is 5.97. The molecule has 0 aliphatic heterocycles. The molecule has 0 saturated heterocycles. The van der Waals surface area contributed by atoms with Crippen LogP contribution in [0.1, 0.15) is 23.6 Å². The maximum absolute atomic E-state index is 15.2. The molecular formula is C29H29F2NO6. The molecule has 0 radical (unpaired) electrons. The van der Waals surface area contributed by atoms with E-state index >= 15 is 4.39 Å². The number of benzene rings is 3. The van der Waals surface area contributed by atoms with Gasteiger partial charge >= 0.3 is 5.97 Å². The quantitative estimate of drug-likeness (QED) is 0.257. The number of furan rings is 1. The summed E-state index contributed by atoms with van der Waals surface area (Å²) in [5, 5.41) is 0.456. The Morgan fingerprint density at radius 3 is 2.58 bits per heavy atom. The third-order valence-electron chi connectivity index (χ3n) is 5.97. The summed E-state index contributed by atoms with van der Waals surface area (Å²) in [5.41, 5.74) is 8.07. The molecule has 0 fully saturated rings. The van der Waals surface area contributed by atoms with Crippen molar-refractivity contribution < 1.29 is 36.9 Å². The average molecular weight is 526 g/mol. The summed E-state index contributed by atoms with van der Waals surface area (Å²) in [4.78, 5) is 12.5. The van der Waals surface area contributed by atoms with Gasteiger partial charge in [0.2, 0.25) is 0 Å². The molecule has 0 aliphatic carbocycles. The lowest BCUT2D eigenvalue weighted by Crippen LogP contribution is -2.21. The molecule has 1 aromatic heterocycles. The molecule has 1 unspecified atom stereocenters. The number of hydrogen-bond acceptors (Lipinski definition) is 7. The Balaban J connectivity index is 1.64. The highest BCUT2D eigenvalue weighted by molar-refractivity contribution is 5.93. The molecule has 1 heterocycles. The molecule has 2 N–H and O–H groups in total. The number of ether oxygens (including phenoxy) is 4. The fourth-order valence-corrected chi connectivity index (χ4v) is 4.21. The van der Waals surface area contributed by atoms with Gasteiger partial charge < -0.3 is 29.1 Å². The number of carbonyl (C=O) groups is 1. The van der Waals surface area contributed by atoms with Crippen molar-refractivity contribution >= 4 is 16.9 Å². The zero-order valence-corrected chi connectivity index (χ0v) is 21.4. The van der Waals surface area contributed by atoms with Crippen molar-refractivity contribution in [1.29, 1.82) is 0 Å². The summed E-state index contributed by atoms with van der Waals surface area (Å²) >= 11 is 0. The summed E-state index contributed by atoms with van der Waals surface area (Å²) in [6, 6.07) is 13.8. The second-order valence-corrected chi connectivity index (χ2v) is 8.79. The van der Waals surface area contributed by atoms with Crippen molar-refractivity contribution in [1.82, 2.24) is 0 Å². The Morgan fingerprint density at radius 1 is 1.03 bits per heavy atom. The number of carbonyl (C=O) groups excluding carboxylic acids is 1. The lowest BCUT2D eigenvalue weighted by molar-refractivity contribution is -0.149. The Labute approximate surface area is 219 Å². The number of esters is 1. The summed E-state index contributed by atoms with van der Waals surface area (Å²) in [5.74, 6) is 0.0236. The number of hydrogen-bond donors (Lipinski definition) is 1. The van der Waals surface area contributed by atoms with Gasteiger partial charge in [-0.25, -0.2) is 4.39 Å². The molecule has 0 spiro atoms. The van der Waals surface area contributed by atoms with Crippen LogP contribution in [0.25, 0.3) is 22.1 Å². The molecule has 7 nitrogen and oxygen atoms in total. The first-order chi connectivity index (χ1) is 18.3. The molecule has 1 atom stereocenters. The summed E-state index contributed by atoms with van der Waals surface area (Å²) < 4.78 is 56.3. The molecule has 0 bridgehead atoms. The SMILES string of the molecule is COCC(C)OC(=O)Cc1ccc(OC)cc1OCc1cc(-c2cccc(CN)c2F)c2oc(F)cc2c1. The zero-order chi connectivity index (χ0) is 27.2. The predicted octanol–water partition coefficient (Wildman–Crippen LogP) is 5.54. The third kappa shape index (κ3) is 6.12. The topological polar surface area (TPSA) is 93.2 Å². The summed E-state index contributed by atoms with van der Waals surface area (Å²) in [6.45, 7) is 2.09. The molecular weight excluding hydrogens is 496 g/mol. The number of rotatable bonds is 11. The molecule has 0 amide bonds. The van der Waals surface area contributed by atoms with E-state index in [1.165, 1.54) is 20.3 Å². The van der Waals surface area contributed by atoms with Gasteiger partial charge in [-0.1, -0.05) is 24.3 Å². The maximum Gasteiger partial charge on any atom is 0.310 e. The van der Waals surface area contributed by atoms with E-state index in [9.17, 15) is 9.18 Å². The first-order valence-electron chi connectivity index (χ1n) is 12.0. The van der Waals surface area contributed by atoms with E-state index in [-0.39, 0.29) is 37.3 Å². The van der Waals surface area contributed by atoms with Gasteiger partial charge in [0.15, 0.2) is 0 Å². The van der Waals surface area contributed by atoms with Crippen LogP contribution in [0.3, 0.4) is 0 Å². The normalized spacial score (nSPS) is 11.9. The van der Waals surface area contributed by atoms with Crippen molar-refractivity contribution in [2.75, 3.05) is 20.8 Å². The summed E-state index contributed by atoms with van der Waals surface area (Å²) in [6.07, 6.45) is -0.421. The number of nitrogens with two attached hydrogens (primary N) is 1. The first kappa shape index (κ1) is 27.1. The van der Waals surface area contributed by atoms with Crippen molar-refractivity contribution in [2.24, 2.45) is 5.73 Å². The number of fused-ring (bicyclic) bond motifs is 1. The molecule has 38 heavy (non-hydrogen) atoms. The largest absolute Gasteiger partial charge is 0.497 e. The Morgan fingerprint density at radius 2 is 1.84 bits per heavy atom. The fourth-order valence-electron chi connectivity index (χ4n) is 4.21. The Hall–Kier alpha value is -3.95. The van der Waals surface area contributed by atoms with Crippen molar-refractivity contribution in [3.8, 4) is 22.6 Å². The highest BCUT2D eigenvalue weighted by atomic mass is 19.1. The standard InChI is InChI=1S/C29H29F2NO6/c1-17(15-34-2)37-27(33)12-19-7-8-22(35-3)13-25(19)36-16-18-9-21-11-26(30)38-29(21)24(10-18)23-6-4-5-20(14-32)28(23)31/h4-11,13,17H,12,14-16,32H2,1-3H3. The van der Waals surface area contributed by atoms with Crippen molar-refractivity contribution in [3.63, 3.8) is 0 Å². The second kappa shape index (κ2) is 12.1. The van der Waals surface area contributed by atoms with Gasteiger partial charge in [-0.15, -0.1) is 0 Å². The fraction of sp³-hybridized carbons (Fsp3) is 0.276. The highest BCUT2D eigenvalue weighted by Gasteiger charge is 2.18. The van der Waals surface area contributed by atoms with Gasteiger partial charge in [-0.05, 0) is 30.7 Å². The number of methoxy groups -OCH3 is 2. The van der Waals surface area contributed by atoms with Crippen LogP contribution in [0, 0.1) is 11.8 Å². The van der Waals surface area contributed by atoms with E-state index in [1.807, 2.05) is 0 Å². The van der Waals surface area contributed by atoms with Gasteiger partial charge in [0, 0.05) is 53.4 Å². The lowest BCUT2D eigenvalue weighted by atomic mass is 9.98. The molecule has 3 aromatic carbocycles. The van der Waals surface area contributed by atoms with Gasteiger partial charge in [0.1, 0.15) is 35.6 Å². The monoisotopic (exact) mass is 525 g/mol. The minimum Gasteiger partial charge on any atom is -0.497 e. The second-order valence-electron chi connectivity index (χ2n) is 8.79. The molecule has 0 aliphatic rings. The molecule has 200 valence electrons. The first-order valence-corrected chi connectivity index (χ1v) is 12.0. The van der Waals surface area contributed by atoms with Gasteiger partial charge in [0.25, 0.3) is 6.01 Å². The van der Waals surface area contributed by atoms with Crippen molar-refractivity contribution in [3.05, 3.63) is 83.1 Å². The van der Waals surface area contributed by atoms with Crippen LogP contribution in [0.2, 0.25) is 0 Å². The van der Waals surface area contributed by atoms with Crippen molar-refractivity contribution in [2.45, 2.75) is 32.6 Å². The van der Waals surface area contributed by atoms with E-state index in [0.717, 1.165) is 0 Å². The van der Waals surface area contributed by atoms with E-state index in [0.29, 0.717) is 39.1 Å². The van der Waals surface area contributed by atoms with Crippen LogP contribution in [0.15, 0.2) is 59.0 Å². The molecule has 4 aromatic rings. The number of halogens is 2. The van der Waals surface area contributed by atoms with Crippen LogP contribution in [-0.2, 0) is 33.8 Å². The average Bonchev–Trinajstić information content (AvgIpc) is 3.28. The predicted molar refractivity (Wildman–Crippen MR) is 138 cm³/mol. The highest BCUT2D eigenvalue weighted by Crippen LogP contribution is 2.35. The van der Waals surface area contributed by atoms with Crippen LogP contribution in [0.5, 0.6) is 11.5 Å². The van der Waals surface area contributed by atoms with Crippen LogP contribution < -0.4 is 15.2 Å². The Bertz CT molecular complexity index is 1430. The molecule has 9 heteroatoms. The smallest absolute Gasteiger partial charge is 0.310 e. The minimum absolute atomic E-state index is 0.0173. The maximum atomic E-state index is 15.2. The minimum atomic E-state index is -0.786. The van der Waals surface area contributed by atoms with Crippen LogP contribution >= 0.6 is 0 Å².